The first-order chi connectivity index (χ1) is 11.8. The highest BCUT2D eigenvalue weighted by molar-refractivity contribution is 7.89. The van der Waals surface area contributed by atoms with E-state index in [0.29, 0.717) is 37.1 Å². The van der Waals surface area contributed by atoms with Gasteiger partial charge in [-0.2, -0.15) is 4.31 Å². The average Bonchev–Trinajstić information content (AvgIpc) is 3.38. The summed E-state index contributed by atoms with van der Waals surface area (Å²) in [5.74, 6) is 0.0492. The van der Waals surface area contributed by atoms with Gasteiger partial charge in [-0.3, -0.25) is 9.69 Å². The summed E-state index contributed by atoms with van der Waals surface area (Å²) in [6.45, 7) is 7.66. The maximum Gasteiger partial charge on any atom is 0.243 e. The van der Waals surface area contributed by atoms with Crippen LogP contribution in [0.3, 0.4) is 0 Å². The number of nitrogens with one attached hydrogen (secondary N) is 1. The molecule has 1 aliphatic heterocycles. The van der Waals surface area contributed by atoms with Crippen molar-refractivity contribution in [2.45, 2.75) is 50.6 Å². The number of hydrogen-bond donors (Lipinski definition) is 1. The number of carbonyl (C=O) groups is 1. The van der Waals surface area contributed by atoms with Crippen LogP contribution in [0, 0.1) is 13.8 Å². The third kappa shape index (κ3) is 4.04. The summed E-state index contributed by atoms with van der Waals surface area (Å²) in [6.07, 6.45) is 2.14. The second-order valence-electron chi connectivity index (χ2n) is 7.17. The van der Waals surface area contributed by atoms with Gasteiger partial charge in [0, 0.05) is 32.2 Å². The number of sulfonamides is 1. The van der Waals surface area contributed by atoms with E-state index in [9.17, 15) is 13.2 Å². The third-order valence-electron chi connectivity index (χ3n) is 5.07. The fraction of sp³-hybridized carbons (Fsp3) is 0.611. The van der Waals surface area contributed by atoms with Crippen LogP contribution in [-0.4, -0.2) is 61.8 Å². The standard InChI is InChI=1S/C18H27N3O3S/c1-13-4-7-17(14(2)12-13)25(23,24)21-10-8-20(9-11-21)15(3)18(22)19-16-5-6-16/h4,7,12,15-16H,5-6,8-11H2,1-3H3,(H,19,22)/t15-/m0/s1. The van der Waals surface area contributed by atoms with E-state index in [0.717, 1.165) is 24.0 Å². The van der Waals surface area contributed by atoms with Crippen LogP contribution in [-0.2, 0) is 14.8 Å². The topological polar surface area (TPSA) is 69.7 Å². The second-order valence-corrected chi connectivity index (χ2v) is 9.07. The minimum Gasteiger partial charge on any atom is -0.352 e. The number of hydrogen-bond acceptors (Lipinski definition) is 4. The zero-order valence-corrected chi connectivity index (χ0v) is 16.0. The quantitative estimate of drug-likeness (QED) is 0.853. The summed E-state index contributed by atoms with van der Waals surface area (Å²) in [4.78, 5) is 14.6. The molecule has 0 spiro atoms. The molecule has 1 aromatic carbocycles. The van der Waals surface area contributed by atoms with Gasteiger partial charge in [0.2, 0.25) is 15.9 Å². The number of nitrogens with zero attached hydrogens (tertiary/aromatic N) is 2. The molecule has 6 nitrogen and oxygen atoms in total. The van der Waals surface area contributed by atoms with Crippen molar-refractivity contribution in [2.75, 3.05) is 26.2 Å². The molecule has 0 aromatic heterocycles. The SMILES string of the molecule is Cc1ccc(S(=O)(=O)N2CCN([C@@H](C)C(=O)NC3CC3)CC2)c(C)c1. The Balaban J connectivity index is 1.63. The first-order valence-electron chi connectivity index (χ1n) is 8.91. The van der Waals surface area contributed by atoms with Gasteiger partial charge in [-0.25, -0.2) is 8.42 Å². The smallest absolute Gasteiger partial charge is 0.243 e. The van der Waals surface area contributed by atoms with Crippen LogP contribution in [0.5, 0.6) is 0 Å². The zero-order chi connectivity index (χ0) is 18.2. The molecule has 2 fully saturated rings. The molecular formula is C18H27N3O3S. The predicted molar refractivity (Wildman–Crippen MR) is 96.9 cm³/mol. The molecule has 2 aliphatic rings. The Morgan fingerprint density at radius 3 is 2.36 bits per heavy atom. The van der Waals surface area contributed by atoms with Crippen molar-refractivity contribution in [1.29, 1.82) is 0 Å². The molecule has 1 saturated heterocycles. The molecule has 3 rings (SSSR count). The lowest BCUT2D eigenvalue weighted by Gasteiger charge is -2.37. The number of piperazine rings is 1. The summed E-state index contributed by atoms with van der Waals surface area (Å²) in [5, 5.41) is 3.02. The Morgan fingerprint density at radius 2 is 1.80 bits per heavy atom. The van der Waals surface area contributed by atoms with Crippen LogP contribution >= 0.6 is 0 Å². The predicted octanol–water partition coefficient (Wildman–Crippen LogP) is 1.28. The van der Waals surface area contributed by atoms with E-state index >= 15 is 0 Å². The van der Waals surface area contributed by atoms with Crippen LogP contribution in [0.4, 0.5) is 0 Å². The molecule has 138 valence electrons. The normalized spacial score (nSPS) is 21.1. The molecule has 1 aromatic rings. The van der Waals surface area contributed by atoms with Crippen LogP contribution in [0.25, 0.3) is 0 Å². The molecule has 1 amide bonds. The second kappa shape index (κ2) is 7.05. The van der Waals surface area contributed by atoms with E-state index in [1.165, 1.54) is 4.31 Å². The van der Waals surface area contributed by atoms with Gasteiger partial charge in [-0.1, -0.05) is 17.7 Å². The molecule has 0 unspecified atom stereocenters. The van der Waals surface area contributed by atoms with Crippen molar-refractivity contribution in [3.05, 3.63) is 29.3 Å². The number of rotatable bonds is 5. The summed E-state index contributed by atoms with van der Waals surface area (Å²) in [5.41, 5.74) is 1.83. The van der Waals surface area contributed by atoms with Crippen molar-refractivity contribution in [1.82, 2.24) is 14.5 Å². The number of benzene rings is 1. The Bertz CT molecular complexity index is 751. The number of amides is 1. The lowest BCUT2D eigenvalue weighted by Crippen LogP contribution is -2.55. The molecule has 0 radical (unpaired) electrons. The third-order valence-corrected chi connectivity index (χ3v) is 7.13. The maximum absolute atomic E-state index is 12.9. The largest absolute Gasteiger partial charge is 0.352 e. The molecule has 1 saturated carbocycles. The molecule has 1 N–H and O–H groups in total. The van der Waals surface area contributed by atoms with Gasteiger partial charge >= 0.3 is 0 Å². The van der Waals surface area contributed by atoms with E-state index < -0.39 is 10.0 Å². The highest BCUT2D eigenvalue weighted by Gasteiger charge is 2.33. The Kier molecular flexibility index (Phi) is 5.18. The lowest BCUT2D eigenvalue weighted by molar-refractivity contribution is -0.126. The highest BCUT2D eigenvalue weighted by Crippen LogP contribution is 2.23. The molecule has 7 heteroatoms. The van der Waals surface area contributed by atoms with E-state index in [2.05, 4.69) is 10.2 Å². The summed E-state index contributed by atoms with van der Waals surface area (Å²) in [6, 6.07) is 5.55. The summed E-state index contributed by atoms with van der Waals surface area (Å²) in [7, 11) is -3.48. The summed E-state index contributed by atoms with van der Waals surface area (Å²) < 4.78 is 27.4. The first-order valence-corrected chi connectivity index (χ1v) is 10.3. The van der Waals surface area contributed by atoms with Gasteiger partial charge in [0.25, 0.3) is 0 Å². The van der Waals surface area contributed by atoms with E-state index in [-0.39, 0.29) is 11.9 Å². The first kappa shape index (κ1) is 18.4. The van der Waals surface area contributed by atoms with Crippen molar-refractivity contribution in [3.63, 3.8) is 0 Å². The van der Waals surface area contributed by atoms with E-state index in [4.69, 9.17) is 0 Å². The Labute approximate surface area is 150 Å². The molecule has 1 atom stereocenters. The fourth-order valence-electron chi connectivity index (χ4n) is 3.27. The number of aryl methyl sites for hydroxylation is 2. The van der Waals surface area contributed by atoms with Gasteiger partial charge in [0.1, 0.15) is 0 Å². The van der Waals surface area contributed by atoms with Crippen molar-refractivity contribution >= 4 is 15.9 Å². The maximum atomic E-state index is 12.9. The highest BCUT2D eigenvalue weighted by atomic mass is 32.2. The molecular weight excluding hydrogens is 338 g/mol. The lowest BCUT2D eigenvalue weighted by atomic mass is 10.2. The van der Waals surface area contributed by atoms with Crippen LogP contribution in [0.15, 0.2) is 23.1 Å². The molecule has 1 heterocycles. The minimum absolute atomic E-state index is 0.0492. The van der Waals surface area contributed by atoms with Crippen molar-refractivity contribution in [2.24, 2.45) is 0 Å². The number of carbonyl (C=O) groups excluding carboxylic acids is 1. The van der Waals surface area contributed by atoms with Crippen LogP contribution < -0.4 is 5.32 Å². The molecule has 25 heavy (non-hydrogen) atoms. The van der Waals surface area contributed by atoms with Crippen molar-refractivity contribution in [3.8, 4) is 0 Å². The van der Waals surface area contributed by atoms with Crippen molar-refractivity contribution < 1.29 is 13.2 Å². The van der Waals surface area contributed by atoms with Gasteiger partial charge in [-0.15, -0.1) is 0 Å². The monoisotopic (exact) mass is 365 g/mol. The average molecular weight is 365 g/mol. The molecule has 0 bridgehead atoms. The van der Waals surface area contributed by atoms with Crippen LogP contribution in [0.1, 0.15) is 30.9 Å². The fourth-order valence-corrected chi connectivity index (χ4v) is 4.90. The van der Waals surface area contributed by atoms with Gasteiger partial charge in [-0.05, 0) is 45.2 Å². The Morgan fingerprint density at radius 1 is 1.16 bits per heavy atom. The minimum atomic E-state index is -3.48. The van der Waals surface area contributed by atoms with Gasteiger partial charge < -0.3 is 5.32 Å². The zero-order valence-electron chi connectivity index (χ0n) is 15.2. The van der Waals surface area contributed by atoms with Gasteiger partial charge in [0.15, 0.2) is 0 Å². The Hall–Kier alpha value is -1.44. The van der Waals surface area contributed by atoms with E-state index in [1.54, 1.807) is 6.07 Å². The van der Waals surface area contributed by atoms with E-state index in [1.807, 2.05) is 32.9 Å². The summed E-state index contributed by atoms with van der Waals surface area (Å²) >= 11 is 0. The van der Waals surface area contributed by atoms with Gasteiger partial charge in [0.05, 0.1) is 10.9 Å². The molecule has 1 aliphatic carbocycles. The van der Waals surface area contributed by atoms with Crippen LogP contribution in [0.2, 0.25) is 0 Å².